The molecule has 13 heavy (non-hydrogen) atoms. The third-order valence-electron chi connectivity index (χ3n) is 2.94. The van der Waals surface area contributed by atoms with Gasteiger partial charge in [0, 0.05) is 18.4 Å². The lowest BCUT2D eigenvalue weighted by atomic mass is 9.93. The number of hydrogen-bond acceptors (Lipinski definition) is 2. The van der Waals surface area contributed by atoms with Gasteiger partial charge in [-0.3, -0.25) is 4.79 Å². The number of carbonyl (C=O) groups excluding carboxylic acids is 1. The second kappa shape index (κ2) is 5.38. The Morgan fingerprint density at radius 3 is 2.62 bits per heavy atom. The standard InChI is InChI=1S/C11H21NO/c1-3-12-8-9(2)11(13)10-6-4-5-7-10/h9-10,12H,3-8H2,1-2H3. The quantitative estimate of drug-likeness (QED) is 0.706. The second-order valence-electron chi connectivity index (χ2n) is 4.09. The first-order valence-corrected chi connectivity index (χ1v) is 5.50. The lowest BCUT2D eigenvalue weighted by molar-refractivity contribution is -0.126. The van der Waals surface area contributed by atoms with Gasteiger partial charge in [-0.25, -0.2) is 0 Å². The molecule has 1 aliphatic carbocycles. The van der Waals surface area contributed by atoms with E-state index >= 15 is 0 Å². The Morgan fingerprint density at radius 1 is 1.46 bits per heavy atom. The van der Waals surface area contributed by atoms with Gasteiger partial charge in [-0.15, -0.1) is 0 Å². The molecule has 1 rings (SSSR count). The number of hydrogen-bond donors (Lipinski definition) is 1. The van der Waals surface area contributed by atoms with E-state index in [0.29, 0.717) is 11.7 Å². The minimum atomic E-state index is 0.211. The average molecular weight is 183 g/mol. The number of carbonyl (C=O) groups is 1. The minimum absolute atomic E-state index is 0.211. The maximum Gasteiger partial charge on any atom is 0.140 e. The summed E-state index contributed by atoms with van der Waals surface area (Å²) in [7, 11) is 0. The van der Waals surface area contributed by atoms with Crippen LogP contribution in [0.1, 0.15) is 39.5 Å². The summed E-state index contributed by atoms with van der Waals surface area (Å²) in [4.78, 5) is 11.8. The highest BCUT2D eigenvalue weighted by molar-refractivity contribution is 5.83. The zero-order valence-electron chi connectivity index (χ0n) is 8.81. The van der Waals surface area contributed by atoms with Crippen LogP contribution in [-0.2, 0) is 4.79 Å². The lowest BCUT2D eigenvalue weighted by Crippen LogP contribution is -2.29. The van der Waals surface area contributed by atoms with E-state index in [-0.39, 0.29) is 5.92 Å². The zero-order chi connectivity index (χ0) is 9.68. The van der Waals surface area contributed by atoms with Crippen molar-refractivity contribution in [2.75, 3.05) is 13.1 Å². The molecule has 0 amide bonds. The van der Waals surface area contributed by atoms with Crippen molar-refractivity contribution in [2.45, 2.75) is 39.5 Å². The highest BCUT2D eigenvalue weighted by Crippen LogP contribution is 2.27. The van der Waals surface area contributed by atoms with Crippen molar-refractivity contribution in [3.63, 3.8) is 0 Å². The number of nitrogens with one attached hydrogen (secondary N) is 1. The first-order valence-electron chi connectivity index (χ1n) is 5.50. The van der Waals surface area contributed by atoms with E-state index in [1.54, 1.807) is 0 Å². The molecule has 1 unspecified atom stereocenters. The number of Topliss-reactive ketones (excluding diaryl/α,β-unsaturated/α-hetero) is 1. The third-order valence-corrected chi connectivity index (χ3v) is 2.94. The fourth-order valence-electron chi connectivity index (χ4n) is 2.07. The van der Waals surface area contributed by atoms with E-state index < -0.39 is 0 Å². The molecule has 1 fully saturated rings. The molecular formula is C11H21NO. The molecule has 2 nitrogen and oxygen atoms in total. The van der Waals surface area contributed by atoms with Crippen molar-refractivity contribution in [1.82, 2.24) is 5.32 Å². The van der Waals surface area contributed by atoms with Crippen LogP contribution >= 0.6 is 0 Å². The van der Waals surface area contributed by atoms with E-state index in [1.165, 1.54) is 12.8 Å². The molecule has 0 bridgehead atoms. The third kappa shape index (κ3) is 3.11. The summed E-state index contributed by atoms with van der Waals surface area (Å²) < 4.78 is 0. The maximum atomic E-state index is 11.8. The predicted molar refractivity (Wildman–Crippen MR) is 54.7 cm³/mol. The van der Waals surface area contributed by atoms with Crippen LogP contribution in [-0.4, -0.2) is 18.9 Å². The Morgan fingerprint density at radius 2 is 2.08 bits per heavy atom. The summed E-state index contributed by atoms with van der Waals surface area (Å²) in [5.41, 5.74) is 0. The summed E-state index contributed by atoms with van der Waals surface area (Å²) in [6.45, 7) is 5.93. The molecule has 1 saturated carbocycles. The van der Waals surface area contributed by atoms with Crippen LogP contribution in [0.25, 0.3) is 0 Å². The van der Waals surface area contributed by atoms with Crippen molar-refractivity contribution in [3.05, 3.63) is 0 Å². The van der Waals surface area contributed by atoms with Crippen LogP contribution < -0.4 is 5.32 Å². The molecule has 1 atom stereocenters. The SMILES string of the molecule is CCNCC(C)C(=O)C1CCCC1. The summed E-state index contributed by atoms with van der Waals surface area (Å²) in [6, 6.07) is 0. The minimum Gasteiger partial charge on any atom is -0.316 e. The van der Waals surface area contributed by atoms with E-state index in [0.717, 1.165) is 25.9 Å². The van der Waals surface area contributed by atoms with Gasteiger partial charge in [0.25, 0.3) is 0 Å². The fourth-order valence-corrected chi connectivity index (χ4v) is 2.07. The monoisotopic (exact) mass is 183 g/mol. The van der Waals surface area contributed by atoms with E-state index in [1.807, 2.05) is 6.92 Å². The average Bonchev–Trinajstić information content (AvgIpc) is 2.65. The van der Waals surface area contributed by atoms with Gasteiger partial charge in [0.2, 0.25) is 0 Å². The topological polar surface area (TPSA) is 29.1 Å². The second-order valence-corrected chi connectivity index (χ2v) is 4.09. The number of rotatable bonds is 5. The fraction of sp³-hybridized carbons (Fsp3) is 0.909. The lowest BCUT2D eigenvalue weighted by Gasteiger charge is -2.15. The largest absolute Gasteiger partial charge is 0.316 e. The first-order chi connectivity index (χ1) is 6.25. The molecule has 76 valence electrons. The van der Waals surface area contributed by atoms with Crippen LogP contribution in [0, 0.1) is 11.8 Å². The summed E-state index contributed by atoms with van der Waals surface area (Å²) in [5, 5.41) is 3.23. The molecule has 0 spiro atoms. The summed E-state index contributed by atoms with van der Waals surface area (Å²) in [5.74, 6) is 1.08. The van der Waals surface area contributed by atoms with Crippen molar-refractivity contribution >= 4 is 5.78 Å². The molecule has 0 saturated heterocycles. The predicted octanol–water partition coefficient (Wildman–Crippen LogP) is 1.99. The smallest absolute Gasteiger partial charge is 0.140 e. The molecule has 0 aromatic heterocycles. The van der Waals surface area contributed by atoms with Gasteiger partial charge in [-0.1, -0.05) is 26.7 Å². The Kier molecular flexibility index (Phi) is 4.43. The van der Waals surface area contributed by atoms with E-state index in [9.17, 15) is 4.79 Å². The highest BCUT2D eigenvalue weighted by Gasteiger charge is 2.26. The Bertz CT molecular complexity index is 161. The van der Waals surface area contributed by atoms with Crippen molar-refractivity contribution < 1.29 is 4.79 Å². The highest BCUT2D eigenvalue weighted by atomic mass is 16.1. The molecule has 0 aromatic carbocycles. The van der Waals surface area contributed by atoms with Gasteiger partial charge in [-0.05, 0) is 19.4 Å². The molecule has 0 aliphatic heterocycles. The van der Waals surface area contributed by atoms with Crippen molar-refractivity contribution in [2.24, 2.45) is 11.8 Å². The molecule has 0 aromatic rings. The number of ketones is 1. The molecule has 0 radical (unpaired) electrons. The summed E-state index contributed by atoms with van der Waals surface area (Å²) in [6.07, 6.45) is 4.78. The first kappa shape index (κ1) is 10.7. The van der Waals surface area contributed by atoms with E-state index in [2.05, 4.69) is 12.2 Å². The normalized spacial score (nSPS) is 20.5. The molecule has 2 heteroatoms. The van der Waals surface area contributed by atoms with Crippen LogP contribution in [0.2, 0.25) is 0 Å². The molecule has 1 aliphatic rings. The van der Waals surface area contributed by atoms with Crippen LogP contribution in [0.4, 0.5) is 0 Å². The Labute approximate surface area is 81.1 Å². The van der Waals surface area contributed by atoms with Crippen LogP contribution in [0.15, 0.2) is 0 Å². The van der Waals surface area contributed by atoms with Gasteiger partial charge in [-0.2, -0.15) is 0 Å². The van der Waals surface area contributed by atoms with Crippen molar-refractivity contribution in [1.29, 1.82) is 0 Å². The Balaban J connectivity index is 2.28. The van der Waals surface area contributed by atoms with Gasteiger partial charge < -0.3 is 5.32 Å². The zero-order valence-corrected chi connectivity index (χ0v) is 8.81. The molecule has 0 heterocycles. The maximum absolute atomic E-state index is 11.8. The van der Waals surface area contributed by atoms with Gasteiger partial charge in [0.15, 0.2) is 0 Å². The molecular weight excluding hydrogens is 162 g/mol. The van der Waals surface area contributed by atoms with Crippen molar-refractivity contribution in [3.8, 4) is 0 Å². The van der Waals surface area contributed by atoms with Crippen LogP contribution in [0.3, 0.4) is 0 Å². The van der Waals surface area contributed by atoms with Gasteiger partial charge in [0.1, 0.15) is 5.78 Å². The van der Waals surface area contributed by atoms with Gasteiger partial charge in [0.05, 0.1) is 0 Å². The Hall–Kier alpha value is -0.370. The van der Waals surface area contributed by atoms with E-state index in [4.69, 9.17) is 0 Å². The molecule has 1 N–H and O–H groups in total. The summed E-state index contributed by atoms with van der Waals surface area (Å²) >= 11 is 0. The van der Waals surface area contributed by atoms with Gasteiger partial charge >= 0.3 is 0 Å². The van der Waals surface area contributed by atoms with Crippen LogP contribution in [0.5, 0.6) is 0 Å².